The molecule has 3 heterocycles. The average Bonchev–Trinajstić information content (AvgIpc) is 2.86. The van der Waals surface area contributed by atoms with Crippen molar-refractivity contribution in [2.75, 3.05) is 6.61 Å². The number of Topliss-reactive ketones (excluding diaryl/α,β-unsaturated/α-hetero) is 1. The van der Waals surface area contributed by atoms with E-state index in [9.17, 15) is 9.18 Å². The Bertz CT molecular complexity index is 851. The highest BCUT2D eigenvalue weighted by molar-refractivity contribution is 9.10. The zero-order valence-electron chi connectivity index (χ0n) is 11.0. The van der Waals surface area contributed by atoms with Crippen molar-refractivity contribution in [3.63, 3.8) is 0 Å². The van der Waals surface area contributed by atoms with E-state index in [1.54, 1.807) is 16.8 Å². The monoisotopic (exact) mass is 383 g/mol. The first-order valence-corrected chi connectivity index (χ1v) is 7.31. The number of fused-ring (bicyclic) bond motifs is 1. The van der Waals surface area contributed by atoms with Gasteiger partial charge in [0.25, 0.3) is 0 Å². The first kappa shape index (κ1) is 14.9. The third-order valence-electron chi connectivity index (χ3n) is 2.87. The lowest BCUT2D eigenvalue weighted by atomic mass is 10.2. The smallest absolute Gasteiger partial charge is 0.218 e. The Morgan fingerprint density at radius 2 is 2.23 bits per heavy atom. The third-order valence-corrected chi connectivity index (χ3v) is 3.58. The van der Waals surface area contributed by atoms with Crippen molar-refractivity contribution in [1.29, 1.82) is 0 Å². The Kier molecular flexibility index (Phi) is 4.08. The minimum atomic E-state index is -0.503. The van der Waals surface area contributed by atoms with Crippen LogP contribution >= 0.6 is 27.5 Å². The van der Waals surface area contributed by atoms with Crippen LogP contribution in [0.5, 0.6) is 5.75 Å². The number of nitrogens with zero attached hydrogens (tertiary/aromatic N) is 3. The van der Waals surface area contributed by atoms with Crippen molar-refractivity contribution in [2.24, 2.45) is 0 Å². The molecule has 0 aromatic carbocycles. The maximum Gasteiger partial charge on any atom is 0.218 e. The summed E-state index contributed by atoms with van der Waals surface area (Å²) in [5.41, 5.74) is 0.691. The van der Waals surface area contributed by atoms with Gasteiger partial charge in [0.15, 0.2) is 6.61 Å². The predicted octanol–water partition coefficient (Wildman–Crippen LogP) is 3.55. The van der Waals surface area contributed by atoms with Crippen molar-refractivity contribution in [1.82, 2.24) is 14.6 Å². The normalized spacial score (nSPS) is 10.9. The van der Waals surface area contributed by atoms with Crippen LogP contribution in [-0.4, -0.2) is 27.0 Å². The summed E-state index contributed by atoms with van der Waals surface area (Å²) in [6, 6.07) is 4.17. The number of carbonyl (C=O) groups is 1. The molecule has 5 nitrogen and oxygen atoms in total. The van der Waals surface area contributed by atoms with Gasteiger partial charge in [-0.15, -0.1) is 0 Å². The first-order valence-electron chi connectivity index (χ1n) is 6.14. The van der Waals surface area contributed by atoms with Crippen LogP contribution in [0.1, 0.15) is 10.5 Å². The van der Waals surface area contributed by atoms with E-state index in [0.717, 1.165) is 10.7 Å². The van der Waals surface area contributed by atoms with Gasteiger partial charge >= 0.3 is 0 Å². The molecule has 0 unspecified atom stereocenters. The molecule has 22 heavy (non-hydrogen) atoms. The summed E-state index contributed by atoms with van der Waals surface area (Å²) < 4.78 is 20.6. The quantitative estimate of drug-likeness (QED) is 0.646. The van der Waals surface area contributed by atoms with E-state index in [0.29, 0.717) is 16.3 Å². The summed E-state index contributed by atoms with van der Waals surface area (Å²) >= 11 is 9.39. The molecule has 0 fully saturated rings. The fourth-order valence-corrected chi connectivity index (χ4v) is 2.51. The molecule has 3 rings (SSSR count). The molecule has 3 aromatic rings. The van der Waals surface area contributed by atoms with Crippen molar-refractivity contribution >= 4 is 38.8 Å². The predicted molar refractivity (Wildman–Crippen MR) is 81.9 cm³/mol. The molecule has 0 amide bonds. The van der Waals surface area contributed by atoms with Crippen molar-refractivity contribution in [2.45, 2.75) is 0 Å². The molecule has 0 aliphatic rings. The lowest BCUT2D eigenvalue weighted by molar-refractivity contribution is 0.0917. The number of carbonyl (C=O) groups excluding carboxylic acids is 1. The lowest BCUT2D eigenvalue weighted by Gasteiger charge is -2.08. The lowest BCUT2D eigenvalue weighted by Crippen LogP contribution is -2.13. The van der Waals surface area contributed by atoms with Gasteiger partial charge in [0.2, 0.25) is 5.78 Å². The topological polar surface area (TPSA) is 56.5 Å². The summed E-state index contributed by atoms with van der Waals surface area (Å²) in [7, 11) is 0. The van der Waals surface area contributed by atoms with Crippen LogP contribution in [0.4, 0.5) is 4.39 Å². The average molecular weight is 385 g/mol. The molecule has 0 aliphatic heterocycles. The standard InChI is InChI=1S/C14H8BrClFN3O2/c15-8-3-13(14-10(16)5-19-20(14)6-8)22-7-12(21)11-2-1-9(17)4-18-11/h1-6H,7H2. The first-order chi connectivity index (χ1) is 10.5. The molecular formula is C14H8BrClFN3O2. The summed E-state index contributed by atoms with van der Waals surface area (Å²) in [5, 5.41) is 4.48. The number of halogens is 3. The van der Waals surface area contributed by atoms with E-state index in [-0.39, 0.29) is 18.1 Å². The second-order valence-electron chi connectivity index (χ2n) is 4.38. The third kappa shape index (κ3) is 2.95. The summed E-state index contributed by atoms with van der Waals surface area (Å²) in [6.07, 6.45) is 4.19. The zero-order chi connectivity index (χ0) is 15.7. The molecule has 0 aliphatic carbocycles. The molecule has 0 bridgehead atoms. The minimum absolute atomic E-state index is 0.132. The number of hydrogen-bond donors (Lipinski definition) is 0. The Balaban J connectivity index is 1.83. The zero-order valence-corrected chi connectivity index (χ0v) is 13.3. The highest BCUT2D eigenvalue weighted by Crippen LogP contribution is 2.30. The molecule has 0 saturated heterocycles. The highest BCUT2D eigenvalue weighted by atomic mass is 79.9. The van der Waals surface area contributed by atoms with Gasteiger partial charge in [-0.2, -0.15) is 5.10 Å². The van der Waals surface area contributed by atoms with Gasteiger partial charge < -0.3 is 4.74 Å². The van der Waals surface area contributed by atoms with E-state index in [4.69, 9.17) is 16.3 Å². The highest BCUT2D eigenvalue weighted by Gasteiger charge is 2.13. The SMILES string of the molecule is O=C(COc1cc(Br)cn2ncc(Cl)c12)c1ccc(F)cn1. The Morgan fingerprint density at radius 3 is 2.95 bits per heavy atom. The van der Waals surface area contributed by atoms with Gasteiger partial charge in [0.05, 0.1) is 17.4 Å². The molecule has 0 N–H and O–H groups in total. The summed E-state index contributed by atoms with van der Waals surface area (Å²) in [4.78, 5) is 15.7. The maximum atomic E-state index is 12.8. The van der Waals surface area contributed by atoms with Gasteiger partial charge in [0.1, 0.15) is 22.8 Å². The van der Waals surface area contributed by atoms with Crippen LogP contribution in [0.2, 0.25) is 5.02 Å². The number of ether oxygens (including phenoxy) is 1. The largest absolute Gasteiger partial charge is 0.483 e. The molecule has 3 aromatic heterocycles. The van der Waals surface area contributed by atoms with Gasteiger partial charge in [-0.05, 0) is 34.1 Å². The number of ketones is 1. The van der Waals surface area contributed by atoms with Crippen molar-refractivity contribution in [3.05, 3.63) is 57.8 Å². The van der Waals surface area contributed by atoms with Crippen LogP contribution in [-0.2, 0) is 0 Å². The molecule has 0 atom stereocenters. The number of aromatic nitrogens is 3. The second kappa shape index (κ2) is 6.02. The molecule has 0 saturated carbocycles. The Labute approximate surface area is 137 Å². The Hall–Kier alpha value is -1.99. The van der Waals surface area contributed by atoms with E-state index >= 15 is 0 Å². The van der Waals surface area contributed by atoms with Gasteiger partial charge in [-0.25, -0.2) is 13.9 Å². The van der Waals surface area contributed by atoms with Crippen LogP contribution in [0.15, 0.2) is 41.3 Å². The van der Waals surface area contributed by atoms with Crippen LogP contribution in [0, 0.1) is 5.82 Å². The molecule has 0 radical (unpaired) electrons. The van der Waals surface area contributed by atoms with Crippen LogP contribution < -0.4 is 4.74 Å². The fourth-order valence-electron chi connectivity index (χ4n) is 1.89. The summed E-state index contributed by atoms with van der Waals surface area (Å²) in [5.74, 6) is -0.460. The van der Waals surface area contributed by atoms with Crippen molar-refractivity contribution in [3.8, 4) is 5.75 Å². The van der Waals surface area contributed by atoms with Crippen LogP contribution in [0.3, 0.4) is 0 Å². The number of hydrogen-bond acceptors (Lipinski definition) is 4. The van der Waals surface area contributed by atoms with Crippen LogP contribution in [0.25, 0.3) is 5.52 Å². The maximum absolute atomic E-state index is 12.8. The Morgan fingerprint density at radius 1 is 1.41 bits per heavy atom. The summed E-state index contributed by atoms with van der Waals surface area (Å²) in [6.45, 7) is -0.244. The molecule has 0 spiro atoms. The molecule has 8 heteroatoms. The molecule has 112 valence electrons. The number of rotatable bonds is 4. The number of pyridine rings is 2. The van der Waals surface area contributed by atoms with Gasteiger partial charge in [0, 0.05) is 10.7 Å². The fraction of sp³-hybridized carbons (Fsp3) is 0.0714. The van der Waals surface area contributed by atoms with E-state index in [2.05, 4.69) is 26.0 Å². The van der Waals surface area contributed by atoms with E-state index in [1.807, 2.05) is 0 Å². The van der Waals surface area contributed by atoms with Gasteiger partial charge in [-0.1, -0.05) is 11.6 Å². The van der Waals surface area contributed by atoms with Crippen molar-refractivity contribution < 1.29 is 13.9 Å². The van der Waals surface area contributed by atoms with E-state index in [1.165, 1.54) is 18.3 Å². The van der Waals surface area contributed by atoms with E-state index < -0.39 is 5.82 Å². The van der Waals surface area contributed by atoms with Gasteiger partial charge in [-0.3, -0.25) is 4.79 Å². The second-order valence-corrected chi connectivity index (χ2v) is 5.70. The minimum Gasteiger partial charge on any atom is -0.483 e. The molecular weight excluding hydrogens is 377 g/mol.